The minimum Gasteiger partial charge on any atom is -0.354 e. The molecule has 1 aromatic rings. The number of hydrogen-bond donors (Lipinski definition) is 1. The molecule has 2 rings (SSSR count). The molecule has 1 aliphatic rings. The summed E-state index contributed by atoms with van der Waals surface area (Å²) in [5, 5.41) is 3.97. The Kier molecular flexibility index (Phi) is 7.40. The minimum absolute atomic E-state index is 0.124. The van der Waals surface area contributed by atoms with Crippen molar-refractivity contribution in [1.29, 1.82) is 0 Å². The van der Waals surface area contributed by atoms with Crippen LogP contribution in [0.1, 0.15) is 25.7 Å². The predicted octanol–water partition coefficient (Wildman–Crippen LogP) is 2.75. The molecular formula is C16H23ClN2O3S2. The summed E-state index contributed by atoms with van der Waals surface area (Å²) in [5.41, 5.74) is 0. The molecular weight excluding hydrogens is 368 g/mol. The van der Waals surface area contributed by atoms with Crippen LogP contribution >= 0.6 is 23.4 Å². The first kappa shape index (κ1) is 19.6. The van der Waals surface area contributed by atoms with Gasteiger partial charge in [0, 0.05) is 29.6 Å². The summed E-state index contributed by atoms with van der Waals surface area (Å²) < 4.78 is 25.8. The monoisotopic (exact) mass is 390 g/mol. The van der Waals surface area contributed by atoms with Gasteiger partial charge in [0.2, 0.25) is 15.9 Å². The Labute approximate surface area is 153 Å². The summed E-state index contributed by atoms with van der Waals surface area (Å²) in [6.45, 7) is 0.369. The molecule has 0 spiro atoms. The Bertz CT molecular complexity index is 644. The lowest BCUT2D eigenvalue weighted by molar-refractivity contribution is -0.121. The van der Waals surface area contributed by atoms with Gasteiger partial charge in [-0.25, -0.2) is 8.42 Å². The van der Waals surface area contributed by atoms with Crippen LogP contribution < -0.4 is 5.32 Å². The van der Waals surface area contributed by atoms with E-state index in [4.69, 9.17) is 11.6 Å². The second-order valence-electron chi connectivity index (χ2n) is 5.84. The first-order valence-electron chi connectivity index (χ1n) is 8.00. The zero-order valence-corrected chi connectivity index (χ0v) is 16.1. The highest BCUT2D eigenvalue weighted by Gasteiger charge is 2.22. The van der Waals surface area contributed by atoms with Gasteiger partial charge in [0.05, 0.1) is 11.4 Å². The Balaban J connectivity index is 1.76. The molecule has 0 atom stereocenters. The Hall–Kier alpha value is -0.760. The van der Waals surface area contributed by atoms with Crippen molar-refractivity contribution in [1.82, 2.24) is 9.62 Å². The highest BCUT2D eigenvalue weighted by molar-refractivity contribution is 7.99. The standard InChI is InChI=1S/C16H23ClN2O3S2/c1-19(24(21,22)15-8-6-13(17)7-9-15)12-16(20)18-10-11-23-14-4-2-3-5-14/h6-9,14H,2-5,10-12H2,1H3,(H,18,20). The quantitative estimate of drug-likeness (QED) is 0.693. The smallest absolute Gasteiger partial charge is 0.243 e. The molecule has 1 fully saturated rings. The van der Waals surface area contributed by atoms with Crippen LogP contribution in [0, 0.1) is 0 Å². The molecule has 0 aliphatic heterocycles. The molecule has 1 saturated carbocycles. The summed E-state index contributed by atoms with van der Waals surface area (Å²) in [6, 6.07) is 5.90. The van der Waals surface area contributed by atoms with Crippen molar-refractivity contribution in [3.63, 3.8) is 0 Å². The number of likely N-dealkylation sites (N-methyl/N-ethyl adjacent to an activating group) is 1. The molecule has 0 unspecified atom stereocenters. The Morgan fingerprint density at radius 2 is 1.92 bits per heavy atom. The van der Waals surface area contributed by atoms with Crippen molar-refractivity contribution in [3.05, 3.63) is 29.3 Å². The number of nitrogens with zero attached hydrogens (tertiary/aromatic N) is 1. The van der Waals surface area contributed by atoms with E-state index in [1.54, 1.807) is 0 Å². The number of sulfonamides is 1. The van der Waals surface area contributed by atoms with E-state index in [0.717, 1.165) is 15.3 Å². The molecule has 24 heavy (non-hydrogen) atoms. The Morgan fingerprint density at radius 3 is 2.54 bits per heavy atom. The van der Waals surface area contributed by atoms with Crippen LogP contribution in [0.2, 0.25) is 5.02 Å². The van der Waals surface area contributed by atoms with Gasteiger partial charge in [-0.2, -0.15) is 16.1 Å². The highest BCUT2D eigenvalue weighted by atomic mass is 35.5. The fourth-order valence-corrected chi connectivity index (χ4v) is 5.07. The first-order valence-corrected chi connectivity index (χ1v) is 10.9. The van der Waals surface area contributed by atoms with E-state index in [9.17, 15) is 13.2 Å². The lowest BCUT2D eigenvalue weighted by Gasteiger charge is -2.17. The lowest BCUT2D eigenvalue weighted by Crippen LogP contribution is -2.39. The SMILES string of the molecule is CN(CC(=O)NCCSC1CCCC1)S(=O)(=O)c1ccc(Cl)cc1. The second kappa shape index (κ2) is 9.08. The number of rotatable bonds is 8. The van der Waals surface area contributed by atoms with Crippen molar-refractivity contribution >= 4 is 39.3 Å². The van der Waals surface area contributed by atoms with Gasteiger partial charge in [-0.15, -0.1) is 0 Å². The van der Waals surface area contributed by atoms with Crippen LogP contribution in [0.25, 0.3) is 0 Å². The summed E-state index contributed by atoms with van der Waals surface area (Å²) in [6.07, 6.45) is 5.14. The van der Waals surface area contributed by atoms with Crippen LogP contribution in [0.15, 0.2) is 29.2 Å². The zero-order chi connectivity index (χ0) is 17.6. The third kappa shape index (κ3) is 5.65. The van der Waals surface area contributed by atoms with Crippen LogP contribution in [-0.4, -0.2) is 49.8 Å². The summed E-state index contributed by atoms with van der Waals surface area (Å²) in [4.78, 5) is 12.1. The molecule has 0 saturated heterocycles. The van der Waals surface area contributed by atoms with Crippen LogP contribution in [0.5, 0.6) is 0 Å². The molecule has 0 radical (unpaired) electrons. The third-order valence-electron chi connectivity index (χ3n) is 3.97. The van der Waals surface area contributed by atoms with Crippen LogP contribution in [-0.2, 0) is 14.8 Å². The maximum atomic E-state index is 12.4. The molecule has 0 bridgehead atoms. The van der Waals surface area contributed by atoms with Gasteiger partial charge in [-0.1, -0.05) is 24.4 Å². The molecule has 1 aromatic carbocycles. The van der Waals surface area contributed by atoms with Crippen LogP contribution in [0.3, 0.4) is 0 Å². The summed E-state index contributed by atoms with van der Waals surface area (Å²) in [5.74, 6) is 0.575. The average molecular weight is 391 g/mol. The lowest BCUT2D eigenvalue weighted by atomic mass is 10.4. The van der Waals surface area contributed by atoms with Gasteiger partial charge in [-0.05, 0) is 37.1 Å². The molecule has 0 aromatic heterocycles. The van der Waals surface area contributed by atoms with Crippen molar-refractivity contribution in [3.8, 4) is 0 Å². The number of benzene rings is 1. The van der Waals surface area contributed by atoms with Crippen molar-refractivity contribution in [2.45, 2.75) is 35.8 Å². The molecule has 1 amide bonds. The van der Waals surface area contributed by atoms with Crippen LogP contribution in [0.4, 0.5) is 0 Å². The van der Waals surface area contributed by atoms with E-state index >= 15 is 0 Å². The topological polar surface area (TPSA) is 66.5 Å². The molecule has 1 N–H and O–H groups in total. The van der Waals surface area contributed by atoms with Crippen molar-refractivity contribution in [2.24, 2.45) is 0 Å². The van der Waals surface area contributed by atoms with E-state index in [0.29, 0.717) is 11.6 Å². The number of thioether (sulfide) groups is 1. The number of halogens is 1. The highest BCUT2D eigenvalue weighted by Crippen LogP contribution is 2.28. The van der Waals surface area contributed by atoms with Gasteiger partial charge in [-0.3, -0.25) is 4.79 Å². The molecule has 0 heterocycles. The molecule has 8 heteroatoms. The van der Waals surface area contributed by atoms with E-state index in [1.165, 1.54) is 57.0 Å². The van der Waals surface area contributed by atoms with Crippen molar-refractivity contribution < 1.29 is 13.2 Å². The number of carbonyl (C=O) groups is 1. The normalized spacial score (nSPS) is 15.8. The van der Waals surface area contributed by atoms with Gasteiger partial charge in [0.25, 0.3) is 0 Å². The second-order valence-corrected chi connectivity index (χ2v) is 9.73. The van der Waals surface area contributed by atoms with Gasteiger partial charge in [0.1, 0.15) is 0 Å². The largest absolute Gasteiger partial charge is 0.354 e. The number of amides is 1. The third-order valence-corrected chi connectivity index (χ3v) is 7.42. The number of nitrogens with one attached hydrogen (secondary N) is 1. The maximum absolute atomic E-state index is 12.4. The first-order chi connectivity index (χ1) is 11.4. The van der Waals surface area contributed by atoms with Gasteiger partial charge in [0.15, 0.2) is 0 Å². The summed E-state index contributed by atoms with van der Waals surface area (Å²) in [7, 11) is -2.29. The maximum Gasteiger partial charge on any atom is 0.243 e. The average Bonchev–Trinajstić information content (AvgIpc) is 3.05. The predicted molar refractivity (Wildman–Crippen MR) is 99.0 cm³/mol. The van der Waals surface area contributed by atoms with E-state index in [2.05, 4.69) is 5.32 Å². The van der Waals surface area contributed by atoms with E-state index in [-0.39, 0.29) is 17.3 Å². The Morgan fingerprint density at radius 1 is 1.29 bits per heavy atom. The fourth-order valence-electron chi connectivity index (χ4n) is 2.60. The number of hydrogen-bond acceptors (Lipinski definition) is 4. The minimum atomic E-state index is -3.69. The number of carbonyl (C=O) groups excluding carboxylic acids is 1. The van der Waals surface area contributed by atoms with E-state index < -0.39 is 10.0 Å². The van der Waals surface area contributed by atoms with Gasteiger partial charge < -0.3 is 5.32 Å². The summed E-state index contributed by atoms with van der Waals surface area (Å²) >= 11 is 7.66. The zero-order valence-electron chi connectivity index (χ0n) is 13.7. The molecule has 1 aliphatic carbocycles. The van der Waals surface area contributed by atoms with Crippen molar-refractivity contribution in [2.75, 3.05) is 25.9 Å². The molecule has 134 valence electrons. The van der Waals surface area contributed by atoms with Gasteiger partial charge >= 0.3 is 0 Å². The molecule has 5 nitrogen and oxygen atoms in total. The van der Waals surface area contributed by atoms with E-state index in [1.807, 2.05) is 11.8 Å². The fraction of sp³-hybridized carbons (Fsp3) is 0.562.